The summed E-state index contributed by atoms with van der Waals surface area (Å²) in [5, 5.41) is 11.8. The molecule has 3 aromatic carbocycles. The number of benzene rings is 3. The maximum absolute atomic E-state index is 13.9. The Morgan fingerprint density at radius 3 is 2.49 bits per heavy atom. The van der Waals surface area contributed by atoms with E-state index in [-0.39, 0.29) is 11.3 Å². The summed E-state index contributed by atoms with van der Waals surface area (Å²) in [7, 11) is 1.53. The highest BCUT2D eigenvalue weighted by atomic mass is 16.5. The molecule has 1 aromatic heterocycles. The lowest BCUT2D eigenvalue weighted by Gasteiger charge is -2.27. The van der Waals surface area contributed by atoms with E-state index < -0.39 is 23.5 Å². The molecule has 0 radical (unpaired) electrons. The summed E-state index contributed by atoms with van der Waals surface area (Å²) in [5.74, 6) is -0.446. The fraction of sp³-hybridized carbons (Fsp3) is 0.294. The van der Waals surface area contributed by atoms with Gasteiger partial charge in [-0.15, -0.1) is 0 Å². The van der Waals surface area contributed by atoms with Gasteiger partial charge in [0.05, 0.1) is 25.3 Å². The molecule has 0 saturated carbocycles. The Morgan fingerprint density at radius 2 is 1.76 bits per heavy atom. The number of methoxy groups -OCH3 is 1. The van der Waals surface area contributed by atoms with Gasteiger partial charge in [-0.2, -0.15) is 0 Å². The minimum Gasteiger partial charge on any atom is -0.503 e. The van der Waals surface area contributed by atoms with Crippen LogP contribution in [0.1, 0.15) is 60.3 Å². The summed E-state index contributed by atoms with van der Waals surface area (Å²) in [5.41, 5.74) is 2.18. The number of hydrogen-bond donors (Lipinski definition) is 1. The van der Waals surface area contributed by atoms with Gasteiger partial charge >= 0.3 is 0 Å². The second-order valence-electron chi connectivity index (χ2n) is 10.2. The molecule has 41 heavy (non-hydrogen) atoms. The number of fused-ring (bicyclic) bond motifs is 1. The monoisotopic (exact) mass is 553 g/mol. The number of rotatable bonds is 13. The standard InChI is InChI=1S/C34H35NO6/c1-3-4-5-9-21-40-26-17-15-24(16-18-26)30-29(31(36)28-22-25-13-10-14-27(39-2)33(25)41-28)32(37)34(38)35(30)20-19-23-11-7-6-8-12-23/h6-8,10-18,22,30,37H,3-5,9,19-21H2,1-2H3. The van der Waals surface area contributed by atoms with Crippen molar-refractivity contribution < 1.29 is 28.6 Å². The van der Waals surface area contributed by atoms with Gasteiger partial charge in [-0.05, 0) is 48.2 Å². The van der Waals surface area contributed by atoms with Crippen LogP contribution < -0.4 is 9.47 Å². The van der Waals surface area contributed by atoms with Crippen LogP contribution in [0.2, 0.25) is 0 Å². The molecule has 1 aliphatic rings. The summed E-state index contributed by atoms with van der Waals surface area (Å²) in [6, 6.07) is 23.4. The average Bonchev–Trinajstić information content (AvgIpc) is 3.55. The molecule has 5 rings (SSSR count). The van der Waals surface area contributed by atoms with Gasteiger partial charge in [0.15, 0.2) is 22.9 Å². The molecule has 1 N–H and O–H groups in total. The Balaban J connectivity index is 1.45. The lowest BCUT2D eigenvalue weighted by Crippen LogP contribution is -2.33. The second kappa shape index (κ2) is 12.8. The van der Waals surface area contributed by atoms with Crippen molar-refractivity contribution in [3.8, 4) is 11.5 Å². The van der Waals surface area contributed by atoms with Crippen molar-refractivity contribution in [1.82, 2.24) is 4.90 Å². The van der Waals surface area contributed by atoms with Gasteiger partial charge in [-0.1, -0.05) is 80.8 Å². The first-order valence-corrected chi connectivity index (χ1v) is 14.1. The van der Waals surface area contributed by atoms with Gasteiger partial charge in [0.25, 0.3) is 5.91 Å². The molecule has 7 nitrogen and oxygen atoms in total. The molecule has 0 bridgehead atoms. The van der Waals surface area contributed by atoms with Gasteiger partial charge in [-0.25, -0.2) is 0 Å². The van der Waals surface area contributed by atoms with Gasteiger partial charge in [0.1, 0.15) is 5.75 Å². The van der Waals surface area contributed by atoms with Crippen LogP contribution in [-0.4, -0.2) is 42.0 Å². The maximum atomic E-state index is 13.9. The Hall–Kier alpha value is -4.52. The van der Waals surface area contributed by atoms with Gasteiger partial charge in [0, 0.05) is 11.9 Å². The number of unbranched alkanes of at least 4 members (excludes halogenated alkanes) is 3. The van der Waals surface area contributed by atoms with Crippen LogP contribution in [0.15, 0.2) is 94.6 Å². The molecule has 1 aliphatic heterocycles. The van der Waals surface area contributed by atoms with Crippen LogP contribution in [0.25, 0.3) is 11.0 Å². The van der Waals surface area contributed by atoms with E-state index in [9.17, 15) is 14.7 Å². The molecule has 0 saturated heterocycles. The molecule has 0 aliphatic carbocycles. The third-order valence-corrected chi connectivity index (χ3v) is 7.45. The molecule has 1 unspecified atom stereocenters. The van der Waals surface area contributed by atoms with E-state index in [0.717, 1.165) is 24.2 Å². The number of para-hydroxylation sites is 1. The predicted molar refractivity (Wildman–Crippen MR) is 157 cm³/mol. The number of carbonyl (C=O) groups excluding carboxylic acids is 2. The van der Waals surface area contributed by atoms with Crippen LogP contribution in [-0.2, 0) is 11.2 Å². The van der Waals surface area contributed by atoms with Gasteiger partial charge in [-0.3, -0.25) is 9.59 Å². The van der Waals surface area contributed by atoms with E-state index in [1.807, 2.05) is 66.7 Å². The number of ketones is 1. The van der Waals surface area contributed by atoms with Crippen molar-refractivity contribution in [1.29, 1.82) is 0 Å². The number of nitrogens with zero attached hydrogens (tertiary/aromatic N) is 1. The highest BCUT2D eigenvalue weighted by molar-refractivity contribution is 6.16. The number of carbonyl (C=O) groups is 2. The number of aliphatic hydroxyl groups is 1. The molecule has 7 heteroatoms. The van der Waals surface area contributed by atoms with Crippen LogP contribution >= 0.6 is 0 Å². The number of furan rings is 1. The lowest BCUT2D eigenvalue weighted by molar-refractivity contribution is -0.129. The van der Waals surface area contributed by atoms with E-state index in [0.29, 0.717) is 41.9 Å². The highest BCUT2D eigenvalue weighted by Gasteiger charge is 2.44. The third kappa shape index (κ3) is 5.99. The molecule has 212 valence electrons. The number of aliphatic hydroxyl groups excluding tert-OH is 1. The lowest BCUT2D eigenvalue weighted by atomic mass is 9.94. The Bertz CT molecular complexity index is 1540. The van der Waals surface area contributed by atoms with Crippen molar-refractivity contribution in [3.63, 3.8) is 0 Å². The van der Waals surface area contributed by atoms with Crippen LogP contribution in [0, 0.1) is 0 Å². The SMILES string of the molecule is CCCCCCOc1ccc(C2C(C(=O)c3cc4cccc(OC)c4o3)=C(O)C(=O)N2CCc2ccccc2)cc1. The quantitative estimate of drug-likeness (QED) is 0.139. The molecular weight excluding hydrogens is 518 g/mol. The fourth-order valence-electron chi connectivity index (χ4n) is 5.26. The predicted octanol–water partition coefficient (Wildman–Crippen LogP) is 7.22. The first-order valence-electron chi connectivity index (χ1n) is 14.1. The van der Waals surface area contributed by atoms with Crippen LogP contribution in [0.3, 0.4) is 0 Å². The Labute approximate surface area is 240 Å². The first-order chi connectivity index (χ1) is 20.0. The molecular formula is C34H35NO6. The molecule has 1 amide bonds. The zero-order chi connectivity index (χ0) is 28.8. The number of hydrogen-bond acceptors (Lipinski definition) is 6. The van der Waals surface area contributed by atoms with E-state index in [1.54, 1.807) is 17.0 Å². The number of Topliss-reactive ketones (excluding diaryl/α,β-unsaturated/α-hetero) is 1. The van der Waals surface area contributed by atoms with Crippen molar-refractivity contribution in [2.45, 2.75) is 45.1 Å². The zero-order valence-corrected chi connectivity index (χ0v) is 23.5. The normalized spacial score (nSPS) is 15.1. The van der Waals surface area contributed by atoms with E-state index >= 15 is 0 Å². The summed E-state index contributed by atoms with van der Waals surface area (Å²) >= 11 is 0. The van der Waals surface area contributed by atoms with Gasteiger partial charge < -0.3 is 23.9 Å². The smallest absolute Gasteiger partial charge is 0.290 e. The van der Waals surface area contributed by atoms with Gasteiger partial charge in [0.2, 0.25) is 5.78 Å². The number of amides is 1. The zero-order valence-electron chi connectivity index (χ0n) is 23.5. The van der Waals surface area contributed by atoms with Crippen molar-refractivity contribution in [3.05, 3.63) is 107 Å². The third-order valence-electron chi connectivity index (χ3n) is 7.45. The molecule has 0 fully saturated rings. The summed E-state index contributed by atoms with van der Waals surface area (Å²) in [4.78, 5) is 28.9. The molecule has 4 aromatic rings. The minimum atomic E-state index is -0.785. The first kappa shape index (κ1) is 28.0. The summed E-state index contributed by atoms with van der Waals surface area (Å²) < 4.78 is 17.2. The molecule has 2 heterocycles. The number of ether oxygens (including phenoxy) is 2. The van der Waals surface area contributed by atoms with E-state index in [4.69, 9.17) is 13.9 Å². The molecule has 0 spiro atoms. The van der Waals surface area contributed by atoms with E-state index in [2.05, 4.69) is 6.92 Å². The average molecular weight is 554 g/mol. The Kier molecular flexibility index (Phi) is 8.73. The van der Waals surface area contributed by atoms with Crippen LogP contribution in [0.5, 0.6) is 11.5 Å². The fourth-order valence-corrected chi connectivity index (χ4v) is 5.26. The Morgan fingerprint density at radius 1 is 0.976 bits per heavy atom. The van der Waals surface area contributed by atoms with Crippen LogP contribution in [0.4, 0.5) is 0 Å². The second-order valence-corrected chi connectivity index (χ2v) is 10.2. The van der Waals surface area contributed by atoms with Crippen molar-refractivity contribution in [2.24, 2.45) is 0 Å². The van der Waals surface area contributed by atoms with Crippen molar-refractivity contribution >= 4 is 22.7 Å². The maximum Gasteiger partial charge on any atom is 0.290 e. The highest BCUT2D eigenvalue weighted by Crippen LogP contribution is 2.40. The largest absolute Gasteiger partial charge is 0.503 e. The summed E-state index contributed by atoms with van der Waals surface area (Å²) in [6.07, 6.45) is 5.02. The van der Waals surface area contributed by atoms with Crippen molar-refractivity contribution in [2.75, 3.05) is 20.3 Å². The summed E-state index contributed by atoms with van der Waals surface area (Å²) in [6.45, 7) is 3.12. The molecule has 1 atom stereocenters. The topological polar surface area (TPSA) is 89.2 Å². The minimum absolute atomic E-state index is 0.00526. The van der Waals surface area contributed by atoms with E-state index in [1.165, 1.54) is 20.0 Å².